The number of hydrogen-bond acceptors (Lipinski definition) is 4. The number of nitrogens with one attached hydrogen (secondary N) is 1. The molecule has 21 heavy (non-hydrogen) atoms. The van der Waals surface area contributed by atoms with E-state index in [1.54, 1.807) is 16.9 Å². The zero-order chi connectivity index (χ0) is 15.2. The van der Waals surface area contributed by atoms with Crippen LogP contribution in [0.3, 0.4) is 0 Å². The third kappa shape index (κ3) is 3.88. The zero-order valence-electron chi connectivity index (χ0n) is 11.7. The Bertz CT molecular complexity index is 651. The summed E-state index contributed by atoms with van der Waals surface area (Å²) < 4.78 is 1.80. The molecule has 0 bridgehead atoms. The van der Waals surface area contributed by atoms with Gasteiger partial charge in [0.15, 0.2) is 0 Å². The van der Waals surface area contributed by atoms with Gasteiger partial charge in [0.1, 0.15) is 5.56 Å². The Balaban J connectivity index is 1.86. The van der Waals surface area contributed by atoms with Gasteiger partial charge in [-0.1, -0.05) is 12.1 Å². The molecule has 0 aliphatic heterocycles. The van der Waals surface area contributed by atoms with E-state index in [-0.39, 0.29) is 11.3 Å². The fourth-order valence-electron chi connectivity index (χ4n) is 1.95. The van der Waals surface area contributed by atoms with E-state index >= 15 is 0 Å². The fourth-order valence-corrected chi connectivity index (χ4v) is 1.95. The summed E-state index contributed by atoms with van der Waals surface area (Å²) in [6, 6.07) is 5.91. The van der Waals surface area contributed by atoms with Gasteiger partial charge in [-0.2, -0.15) is 5.10 Å². The molecule has 0 aliphatic carbocycles. The fraction of sp³-hybridized carbons (Fsp3) is 0.286. The SMILES string of the molecule is Cc1cnn(CCCNC(=O)c2ccccc2[N+](=O)[O-])c1. The first-order chi connectivity index (χ1) is 10.1. The van der Waals surface area contributed by atoms with Gasteiger partial charge in [-0.15, -0.1) is 0 Å². The lowest BCUT2D eigenvalue weighted by molar-refractivity contribution is -0.385. The number of amides is 1. The summed E-state index contributed by atoms with van der Waals surface area (Å²) in [5.74, 6) is -0.432. The average Bonchev–Trinajstić information content (AvgIpc) is 2.89. The Hall–Kier alpha value is -2.70. The number of rotatable bonds is 6. The van der Waals surface area contributed by atoms with Gasteiger partial charge in [0, 0.05) is 25.4 Å². The van der Waals surface area contributed by atoms with Crippen molar-refractivity contribution in [3.8, 4) is 0 Å². The second kappa shape index (κ2) is 6.65. The van der Waals surface area contributed by atoms with Crippen LogP contribution in [0.25, 0.3) is 0 Å². The number of carbonyl (C=O) groups is 1. The Morgan fingerprint density at radius 1 is 1.43 bits per heavy atom. The number of nitro groups is 1. The van der Waals surface area contributed by atoms with Crippen LogP contribution in [0, 0.1) is 17.0 Å². The van der Waals surface area contributed by atoms with Crippen LogP contribution in [-0.2, 0) is 6.54 Å². The molecule has 2 rings (SSSR count). The first-order valence-corrected chi connectivity index (χ1v) is 6.58. The lowest BCUT2D eigenvalue weighted by Gasteiger charge is -2.06. The molecule has 7 nitrogen and oxygen atoms in total. The Labute approximate surface area is 121 Å². The molecule has 0 aliphatic rings. The standard InChI is InChI=1S/C14H16N4O3/c1-11-9-16-17(10-11)8-4-7-15-14(19)12-5-2-3-6-13(12)18(20)21/h2-3,5-6,9-10H,4,7-8H2,1H3,(H,15,19). The number of hydrogen-bond donors (Lipinski definition) is 1. The van der Waals surface area contributed by atoms with E-state index in [1.807, 2.05) is 13.1 Å². The first kappa shape index (κ1) is 14.7. The smallest absolute Gasteiger partial charge is 0.282 e. The molecule has 0 saturated carbocycles. The van der Waals surface area contributed by atoms with Crippen LogP contribution < -0.4 is 5.32 Å². The molecular formula is C14H16N4O3. The summed E-state index contributed by atoms with van der Waals surface area (Å²) in [6.45, 7) is 3.08. The second-order valence-electron chi connectivity index (χ2n) is 4.66. The summed E-state index contributed by atoms with van der Waals surface area (Å²) in [7, 11) is 0. The molecule has 0 spiro atoms. The second-order valence-corrected chi connectivity index (χ2v) is 4.66. The van der Waals surface area contributed by atoms with Crippen LogP contribution in [0.2, 0.25) is 0 Å². The van der Waals surface area contributed by atoms with Crippen molar-refractivity contribution in [1.82, 2.24) is 15.1 Å². The van der Waals surface area contributed by atoms with Crippen molar-refractivity contribution in [3.05, 3.63) is 57.9 Å². The van der Waals surface area contributed by atoms with Crippen LogP contribution in [-0.4, -0.2) is 27.2 Å². The topological polar surface area (TPSA) is 90.1 Å². The van der Waals surface area contributed by atoms with Gasteiger partial charge >= 0.3 is 0 Å². The van der Waals surface area contributed by atoms with Crippen molar-refractivity contribution >= 4 is 11.6 Å². The van der Waals surface area contributed by atoms with Gasteiger partial charge < -0.3 is 5.32 Å². The molecule has 0 unspecified atom stereocenters. The highest BCUT2D eigenvalue weighted by Crippen LogP contribution is 2.17. The number of benzene rings is 1. The summed E-state index contributed by atoms with van der Waals surface area (Å²) in [6.07, 6.45) is 4.39. The normalized spacial score (nSPS) is 10.3. The maximum atomic E-state index is 11.9. The molecule has 1 N–H and O–H groups in total. The Morgan fingerprint density at radius 3 is 2.86 bits per heavy atom. The van der Waals surface area contributed by atoms with E-state index in [0.29, 0.717) is 19.5 Å². The number of aryl methyl sites for hydroxylation is 2. The molecule has 0 radical (unpaired) electrons. The van der Waals surface area contributed by atoms with Gasteiger partial charge in [0.2, 0.25) is 0 Å². The number of para-hydroxylation sites is 1. The summed E-state index contributed by atoms with van der Waals surface area (Å²) in [4.78, 5) is 22.3. The molecule has 2 aromatic rings. The molecule has 110 valence electrons. The van der Waals surface area contributed by atoms with Gasteiger partial charge in [0.25, 0.3) is 11.6 Å². The molecule has 1 amide bonds. The van der Waals surface area contributed by atoms with E-state index in [2.05, 4.69) is 10.4 Å². The lowest BCUT2D eigenvalue weighted by atomic mass is 10.1. The highest BCUT2D eigenvalue weighted by molar-refractivity contribution is 5.98. The molecule has 1 aromatic heterocycles. The van der Waals surface area contributed by atoms with Crippen molar-refractivity contribution in [2.45, 2.75) is 19.9 Å². The number of carbonyl (C=O) groups excluding carboxylic acids is 1. The van der Waals surface area contributed by atoms with Crippen molar-refractivity contribution in [1.29, 1.82) is 0 Å². The third-order valence-electron chi connectivity index (χ3n) is 2.96. The molecule has 1 aromatic carbocycles. The molecule has 1 heterocycles. The predicted octanol–water partition coefficient (Wildman–Crippen LogP) is 1.92. The molecule has 0 atom stereocenters. The average molecular weight is 288 g/mol. The lowest BCUT2D eigenvalue weighted by Crippen LogP contribution is -2.26. The van der Waals surface area contributed by atoms with E-state index in [4.69, 9.17) is 0 Å². The quantitative estimate of drug-likeness (QED) is 0.499. The van der Waals surface area contributed by atoms with Crippen molar-refractivity contribution in [2.75, 3.05) is 6.54 Å². The monoisotopic (exact) mass is 288 g/mol. The Kier molecular flexibility index (Phi) is 4.65. The maximum Gasteiger partial charge on any atom is 0.282 e. The number of nitro benzene ring substituents is 1. The number of nitrogens with zero attached hydrogens (tertiary/aromatic N) is 3. The highest BCUT2D eigenvalue weighted by atomic mass is 16.6. The zero-order valence-corrected chi connectivity index (χ0v) is 11.7. The minimum Gasteiger partial charge on any atom is -0.352 e. The Morgan fingerprint density at radius 2 is 2.19 bits per heavy atom. The largest absolute Gasteiger partial charge is 0.352 e. The summed E-state index contributed by atoms with van der Waals surface area (Å²) in [5, 5.41) is 17.7. The van der Waals surface area contributed by atoms with Crippen LogP contribution in [0.1, 0.15) is 22.3 Å². The molecule has 7 heteroatoms. The van der Waals surface area contributed by atoms with E-state index in [9.17, 15) is 14.9 Å². The van der Waals surface area contributed by atoms with Gasteiger partial charge in [0.05, 0.1) is 11.1 Å². The summed E-state index contributed by atoms with van der Waals surface area (Å²) >= 11 is 0. The molecule has 0 fully saturated rings. The van der Waals surface area contributed by atoms with Crippen LogP contribution in [0.15, 0.2) is 36.7 Å². The molecule has 0 saturated heterocycles. The van der Waals surface area contributed by atoms with Gasteiger partial charge in [-0.05, 0) is 25.0 Å². The third-order valence-corrected chi connectivity index (χ3v) is 2.96. The van der Waals surface area contributed by atoms with E-state index < -0.39 is 10.8 Å². The predicted molar refractivity (Wildman–Crippen MR) is 77.0 cm³/mol. The van der Waals surface area contributed by atoms with Crippen LogP contribution in [0.4, 0.5) is 5.69 Å². The van der Waals surface area contributed by atoms with E-state index in [0.717, 1.165) is 5.56 Å². The maximum absolute atomic E-state index is 11.9. The minimum atomic E-state index is -0.554. The minimum absolute atomic E-state index is 0.0810. The number of aromatic nitrogens is 2. The van der Waals surface area contributed by atoms with Gasteiger partial charge in [-0.3, -0.25) is 19.6 Å². The summed E-state index contributed by atoms with van der Waals surface area (Å²) in [5.41, 5.74) is 0.981. The highest BCUT2D eigenvalue weighted by Gasteiger charge is 2.18. The van der Waals surface area contributed by atoms with Crippen LogP contribution in [0.5, 0.6) is 0 Å². The van der Waals surface area contributed by atoms with Gasteiger partial charge in [-0.25, -0.2) is 0 Å². The van der Waals surface area contributed by atoms with Crippen LogP contribution >= 0.6 is 0 Å². The van der Waals surface area contributed by atoms with E-state index in [1.165, 1.54) is 18.2 Å². The van der Waals surface area contributed by atoms with Crippen molar-refractivity contribution < 1.29 is 9.72 Å². The van der Waals surface area contributed by atoms with Crippen molar-refractivity contribution in [2.24, 2.45) is 0 Å². The first-order valence-electron chi connectivity index (χ1n) is 6.58. The van der Waals surface area contributed by atoms with Crippen molar-refractivity contribution in [3.63, 3.8) is 0 Å². The molecular weight excluding hydrogens is 272 g/mol.